The third-order valence-electron chi connectivity index (χ3n) is 4.88. The minimum Gasteiger partial charge on any atom is -0.381 e. The van der Waals surface area contributed by atoms with E-state index in [0.29, 0.717) is 18.5 Å². The van der Waals surface area contributed by atoms with E-state index in [2.05, 4.69) is 28.3 Å². The molecule has 0 spiro atoms. The Kier molecular flexibility index (Phi) is 5.08. The number of ether oxygens (including phenoxy) is 1. The van der Waals surface area contributed by atoms with Gasteiger partial charge in [0.1, 0.15) is 6.04 Å². The van der Waals surface area contributed by atoms with Crippen molar-refractivity contribution in [3.8, 4) is 0 Å². The summed E-state index contributed by atoms with van der Waals surface area (Å²) in [6.45, 7) is 0.673. The van der Waals surface area contributed by atoms with E-state index in [-0.39, 0.29) is 18.1 Å². The number of methoxy groups -OCH3 is 1. The van der Waals surface area contributed by atoms with Gasteiger partial charge in [0, 0.05) is 25.6 Å². The SMILES string of the molecule is COC1CCC2NNC(C(=O)NCCc3ccccc3)C2C1. The Morgan fingerprint density at radius 2 is 2.09 bits per heavy atom. The first-order valence-electron chi connectivity index (χ1n) is 8.13. The molecule has 1 aliphatic carbocycles. The molecule has 22 heavy (non-hydrogen) atoms. The molecular formula is C17H25N3O2. The smallest absolute Gasteiger partial charge is 0.238 e. The molecule has 0 radical (unpaired) electrons. The summed E-state index contributed by atoms with van der Waals surface area (Å²) in [7, 11) is 1.76. The molecule has 0 bridgehead atoms. The van der Waals surface area contributed by atoms with Gasteiger partial charge in [-0.15, -0.1) is 0 Å². The number of fused-ring (bicyclic) bond motifs is 1. The third-order valence-corrected chi connectivity index (χ3v) is 4.88. The first-order chi connectivity index (χ1) is 10.8. The van der Waals surface area contributed by atoms with Crippen molar-refractivity contribution in [2.75, 3.05) is 13.7 Å². The Morgan fingerprint density at radius 3 is 2.86 bits per heavy atom. The summed E-state index contributed by atoms with van der Waals surface area (Å²) < 4.78 is 5.48. The van der Waals surface area contributed by atoms with Gasteiger partial charge in [-0.25, -0.2) is 5.43 Å². The first-order valence-corrected chi connectivity index (χ1v) is 8.13. The van der Waals surface area contributed by atoms with E-state index in [1.54, 1.807) is 7.11 Å². The van der Waals surface area contributed by atoms with Crippen molar-refractivity contribution in [1.82, 2.24) is 16.2 Å². The van der Waals surface area contributed by atoms with E-state index in [1.807, 2.05) is 18.2 Å². The Morgan fingerprint density at radius 1 is 1.27 bits per heavy atom. The largest absolute Gasteiger partial charge is 0.381 e. The molecule has 2 fully saturated rings. The van der Waals surface area contributed by atoms with Crippen LogP contribution in [-0.2, 0) is 16.0 Å². The Bertz CT molecular complexity index is 494. The normalized spacial score (nSPS) is 30.8. The zero-order valence-electron chi connectivity index (χ0n) is 13.0. The molecule has 120 valence electrons. The summed E-state index contributed by atoms with van der Waals surface area (Å²) in [5.74, 6) is 0.406. The van der Waals surface area contributed by atoms with Crippen molar-refractivity contribution in [2.45, 2.75) is 43.9 Å². The molecule has 1 aromatic rings. The predicted molar refractivity (Wildman–Crippen MR) is 85.1 cm³/mol. The maximum absolute atomic E-state index is 12.4. The number of nitrogens with one attached hydrogen (secondary N) is 3. The van der Waals surface area contributed by atoms with Gasteiger partial charge in [-0.1, -0.05) is 30.3 Å². The highest BCUT2D eigenvalue weighted by atomic mass is 16.5. The van der Waals surface area contributed by atoms with Gasteiger partial charge in [0.25, 0.3) is 0 Å². The lowest BCUT2D eigenvalue weighted by molar-refractivity contribution is -0.124. The molecule has 5 heteroatoms. The van der Waals surface area contributed by atoms with Crippen LogP contribution in [0.25, 0.3) is 0 Å². The molecule has 5 nitrogen and oxygen atoms in total. The van der Waals surface area contributed by atoms with Gasteiger partial charge in [-0.05, 0) is 31.2 Å². The molecule has 3 N–H and O–H groups in total. The average Bonchev–Trinajstić information content (AvgIpc) is 2.98. The minimum absolute atomic E-state index is 0.0904. The van der Waals surface area contributed by atoms with Gasteiger partial charge in [-0.3, -0.25) is 10.2 Å². The zero-order valence-corrected chi connectivity index (χ0v) is 13.0. The third kappa shape index (κ3) is 3.48. The van der Waals surface area contributed by atoms with Crippen LogP contribution in [0, 0.1) is 5.92 Å². The summed E-state index contributed by atoms with van der Waals surface area (Å²) >= 11 is 0. The minimum atomic E-state index is -0.154. The summed E-state index contributed by atoms with van der Waals surface area (Å²) in [4.78, 5) is 12.4. The second-order valence-corrected chi connectivity index (χ2v) is 6.23. The van der Waals surface area contributed by atoms with Crippen molar-refractivity contribution in [2.24, 2.45) is 5.92 Å². The Labute approximate surface area is 131 Å². The van der Waals surface area contributed by atoms with Crippen molar-refractivity contribution < 1.29 is 9.53 Å². The second-order valence-electron chi connectivity index (χ2n) is 6.23. The second kappa shape index (κ2) is 7.22. The van der Waals surface area contributed by atoms with E-state index in [0.717, 1.165) is 25.7 Å². The molecule has 0 aromatic heterocycles. The highest BCUT2D eigenvalue weighted by molar-refractivity contribution is 5.82. The lowest BCUT2D eigenvalue weighted by Crippen LogP contribution is -2.47. The lowest BCUT2D eigenvalue weighted by atomic mass is 9.80. The summed E-state index contributed by atoms with van der Waals surface area (Å²) in [5, 5.41) is 3.06. The fourth-order valence-electron chi connectivity index (χ4n) is 3.58. The number of benzene rings is 1. The van der Waals surface area contributed by atoms with Gasteiger partial charge in [0.15, 0.2) is 0 Å². The number of hydrazine groups is 1. The van der Waals surface area contributed by atoms with Crippen LogP contribution in [0.3, 0.4) is 0 Å². The number of carbonyl (C=O) groups is 1. The van der Waals surface area contributed by atoms with Crippen LogP contribution >= 0.6 is 0 Å². The van der Waals surface area contributed by atoms with Gasteiger partial charge < -0.3 is 10.1 Å². The zero-order chi connectivity index (χ0) is 15.4. The van der Waals surface area contributed by atoms with Crippen LogP contribution in [0.1, 0.15) is 24.8 Å². The highest BCUT2D eigenvalue weighted by Crippen LogP contribution is 2.31. The van der Waals surface area contributed by atoms with Crippen LogP contribution < -0.4 is 16.2 Å². The van der Waals surface area contributed by atoms with E-state index >= 15 is 0 Å². The Balaban J connectivity index is 1.49. The van der Waals surface area contributed by atoms with Crippen LogP contribution in [0.4, 0.5) is 0 Å². The van der Waals surface area contributed by atoms with Crippen molar-refractivity contribution in [3.63, 3.8) is 0 Å². The van der Waals surface area contributed by atoms with Crippen molar-refractivity contribution in [3.05, 3.63) is 35.9 Å². The number of hydrogen-bond acceptors (Lipinski definition) is 4. The van der Waals surface area contributed by atoms with Gasteiger partial charge in [-0.2, -0.15) is 0 Å². The maximum Gasteiger partial charge on any atom is 0.238 e. The molecule has 1 aromatic carbocycles. The first kappa shape index (κ1) is 15.5. The molecule has 2 aliphatic rings. The summed E-state index contributed by atoms with van der Waals surface area (Å²) in [6, 6.07) is 10.5. The molecule has 4 atom stereocenters. The summed E-state index contributed by atoms with van der Waals surface area (Å²) in [5.41, 5.74) is 7.70. The number of rotatable bonds is 5. The summed E-state index contributed by atoms with van der Waals surface area (Å²) in [6.07, 6.45) is 4.21. The standard InChI is InChI=1S/C17H25N3O2/c1-22-13-7-8-15-14(11-13)16(20-19-15)17(21)18-10-9-12-5-3-2-4-6-12/h2-6,13-16,19-20H,7-11H2,1H3,(H,18,21). The molecule has 3 rings (SSSR count). The van der Waals surface area contributed by atoms with E-state index in [4.69, 9.17) is 4.74 Å². The van der Waals surface area contributed by atoms with Gasteiger partial charge in [0.05, 0.1) is 6.10 Å². The molecular weight excluding hydrogens is 278 g/mol. The molecule has 1 aliphatic heterocycles. The number of hydrogen-bond donors (Lipinski definition) is 3. The van der Waals surface area contributed by atoms with Crippen molar-refractivity contribution in [1.29, 1.82) is 0 Å². The monoisotopic (exact) mass is 303 g/mol. The maximum atomic E-state index is 12.4. The van der Waals surface area contributed by atoms with Gasteiger partial charge in [0.2, 0.25) is 5.91 Å². The molecule has 1 saturated carbocycles. The molecule has 1 saturated heterocycles. The van der Waals surface area contributed by atoms with E-state index in [9.17, 15) is 4.79 Å². The average molecular weight is 303 g/mol. The molecule has 1 amide bonds. The van der Waals surface area contributed by atoms with Crippen LogP contribution in [0.15, 0.2) is 30.3 Å². The molecule has 1 heterocycles. The van der Waals surface area contributed by atoms with Crippen LogP contribution in [-0.4, -0.2) is 37.7 Å². The van der Waals surface area contributed by atoms with Crippen LogP contribution in [0.5, 0.6) is 0 Å². The predicted octanol–water partition coefficient (Wildman–Crippen LogP) is 1.01. The van der Waals surface area contributed by atoms with Crippen molar-refractivity contribution >= 4 is 5.91 Å². The number of amides is 1. The van der Waals surface area contributed by atoms with E-state index < -0.39 is 0 Å². The lowest BCUT2D eigenvalue weighted by Gasteiger charge is -2.31. The number of carbonyl (C=O) groups excluding carboxylic acids is 1. The Hall–Kier alpha value is -1.43. The fourth-order valence-corrected chi connectivity index (χ4v) is 3.58. The van der Waals surface area contributed by atoms with E-state index in [1.165, 1.54) is 5.56 Å². The highest BCUT2D eigenvalue weighted by Gasteiger charge is 2.43. The topological polar surface area (TPSA) is 62.4 Å². The molecule has 4 unspecified atom stereocenters. The van der Waals surface area contributed by atoms with Crippen LogP contribution in [0.2, 0.25) is 0 Å². The quantitative estimate of drug-likeness (QED) is 0.759. The fraction of sp³-hybridized carbons (Fsp3) is 0.588. The van der Waals surface area contributed by atoms with Gasteiger partial charge >= 0.3 is 0 Å².